The molecule has 5 nitrogen and oxygen atoms in total. The van der Waals surface area contributed by atoms with E-state index in [0.29, 0.717) is 16.3 Å². The van der Waals surface area contributed by atoms with Crippen molar-refractivity contribution in [1.29, 1.82) is 0 Å². The number of fused-ring (bicyclic) bond motifs is 1. The number of rotatable bonds is 6. The van der Waals surface area contributed by atoms with E-state index in [1.807, 2.05) is 54.6 Å². The van der Waals surface area contributed by atoms with E-state index in [1.165, 1.54) is 4.90 Å². The second-order valence-electron chi connectivity index (χ2n) is 7.10. The third-order valence-electron chi connectivity index (χ3n) is 5.06. The second-order valence-corrected chi connectivity index (χ2v) is 7.89. The van der Waals surface area contributed by atoms with E-state index in [9.17, 15) is 9.59 Å². The van der Waals surface area contributed by atoms with Crippen molar-refractivity contribution in [3.05, 3.63) is 95.0 Å². The molecule has 7 heteroatoms. The molecule has 32 heavy (non-hydrogen) atoms. The van der Waals surface area contributed by atoms with E-state index in [-0.39, 0.29) is 23.8 Å². The van der Waals surface area contributed by atoms with Crippen molar-refractivity contribution in [3.8, 4) is 5.75 Å². The molecule has 0 aliphatic carbocycles. The molecule has 1 fully saturated rings. The van der Waals surface area contributed by atoms with Gasteiger partial charge in [-0.05, 0) is 41.2 Å². The standard InChI is InChI=1S/C25H19ClN2O3S/c1-2-13-28-24(30)20(23(29)27-25(28)32)14-19-18-9-5-3-7-16(18)11-12-22(19)31-15-17-8-4-6-10-21(17)26/h2-12,14H,1,13,15H2,(H,27,29,32)/b20-14+. The Morgan fingerprint density at radius 3 is 2.59 bits per heavy atom. The minimum absolute atomic E-state index is 0.0283. The largest absolute Gasteiger partial charge is 0.488 e. The van der Waals surface area contributed by atoms with Gasteiger partial charge in [-0.25, -0.2) is 0 Å². The number of carbonyl (C=O) groups excluding carboxylic acids is 2. The molecule has 1 heterocycles. The molecule has 0 saturated carbocycles. The zero-order valence-corrected chi connectivity index (χ0v) is 18.6. The highest BCUT2D eigenvalue weighted by Gasteiger charge is 2.33. The predicted octanol–water partition coefficient (Wildman–Crippen LogP) is 4.88. The van der Waals surface area contributed by atoms with Crippen LogP contribution in [0, 0.1) is 0 Å². The quantitative estimate of drug-likeness (QED) is 0.245. The molecule has 2 amide bonds. The lowest BCUT2D eigenvalue weighted by molar-refractivity contribution is -0.128. The van der Waals surface area contributed by atoms with E-state index in [0.717, 1.165) is 16.3 Å². The van der Waals surface area contributed by atoms with Crippen molar-refractivity contribution in [2.24, 2.45) is 0 Å². The van der Waals surface area contributed by atoms with Gasteiger partial charge in [0.2, 0.25) is 0 Å². The van der Waals surface area contributed by atoms with Gasteiger partial charge < -0.3 is 4.74 Å². The highest BCUT2D eigenvalue weighted by atomic mass is 35.5. The van der Waals surface area contributed by atoms with Gasteiger partial charge in [0.05, 0.1) is 0 Å². The minimum Gasteiger partial charge on any atom is -0.488 e. The van der Waals surface area contributed by atoms with E-state index < -0.39 is 11.8 Å². The summed E-state index contributed by atoms with van der Waals surface area (Å²) in [6.07, 6.45) is 3.11. The van der Waals surface area contributed by atoms with Gasteiger partial charge in [0, 0.05) is 22.7 Å². The maximum atomic E-state index is 13.0. The lowest BCUT2D eigenvalue weighted by atomic mass is 10.00. The third kappa shape index (κ3) is 4.28. The Balaban J connectivity index is 1.79. The first kappa shape index (κ1) is 21.7. The topological polar surface area (TPSA) is 58.6 Å². The van der Waals surface area contributed by atoms with Crippen molar-refractivity contribution in [1.82, 2.24) is 10.2 Å². The molecule has 1 aliphatic heterocycles. The Bertz CT molecular complexity index is 1290. The van der Waals surface area contributed by atoms with Crippen LogP contribution in [0.5, 0.6) is 5.75 Å². The van der Waals surface area contributed by atoms with Crippen LogP contribution in [-0.2, 0) is 16.2 Å². The molecule has 0 atom stereocenters. The zero-order chi connectivity index (χ0) is 22.7. The average molecular weight is 463 g/mol. The van der Waals surface area contributed by atoms with Crippen LogP contribution in [0.15, 0.2) is 78.9 Å². The molecule has 3 aromatic rings. The van der Waals surface area contributed by atoms with Gasteiger partial charge in [-0.1, -0.05) is 66.2 Å². The average Bonchev–Trinajstić information content (AvgIpc) is 2.79. The molecular formula is C25H19ClN2O3S. The molecule has 4 rings (SSSR count). The first-order valence-electron chi connectivity index (χ1n) is 9.87. The number of nitrogens with zero attached hydrogens (tertiary/aromatic N) is 1. The summed E-state index contributed by atoms with van der Waals surface area (Å²) in [6.45, 7) is 4.08. The number of hydrogen-bond donors (Lipinski definition) is 1. The van der Waals surface area contributed by atoms with Crippen LogP contribution < -0.4 is 10.1 Å². The maximum Gasteiger partial charge on any atom is 0.265 e. The summed E-state index contributed by atoms with van der Waals surface area (Å²) >= 11 is 11.4. The number of benzene rings is 3. The van der Waals surface area contributed by atoms with Gasteiger partial charge in [0.15, 0.2) is 5.11 Å². The number of amides is 2. The lowest BCUT2D eigenvalue weighted by Crippen LogP contribution is -2.53. The number of ether oxygens (including phenoxy) is 1. The summed E-state index contributed by atoms with van der Waals surface area (Å²) in [5, 5.41) is 5.03. The summed E-state index contributed by atoms with van der Waals surface area (Å²) in [5.74, 6) is -0.505. The van der Waals surface area contributed by atoms with Crippen LogP contribution in [0.25, 0.3) is 16.8 Å². The first-order valence-corrected chi connectivity index (χ1v) is 10.7. The van der Waals surface area contributed by atoms with Crippen molar-refractivity contribution in [2.75, 3.05) is 6.54 Å². The predicted molar refractivity (Wildman–Crippen MR) is 130 cm³/mol. The number of hydrogen-bond acceptors (Lipinski definition) is 4. The van der Waals surface area contributed by atoms with Crippen molar-refractivity contribution in [2.45, 2.75) is 6.61 Å². The van der Waals surface area contributed by atoms with Crippen LogP contribution in [0.3, 0.4) is 0 Å². The van der Waals surface area contributed by atoms with E-state index in [4.69, 9.17) is 28.6 Å². The fraction of sp³-hybridized carbons (Fsp3) is 0.0800. The van der Waals surface area contributed by atoms with Gasteiger partial charge >= 0.3 is 0 Å². The van der Waals surface area contributed by atoms with Crippen molar-refractivity contribution < 1.29 is 14.3 Å². The Hall–Kier alpha value is -3.48. The first-order chi connectivity index (χ1) is 15.5. The van der Waals surface area contributed by atoms with E-state index in [2.05, 4.69) is 11.9 Å². The Morgan fingerprint density at radius 1 is 1.06 bits per heavy atom. The summed E-state index contributed by atoms with van der Waals surface area (Å²) in [4.78, 5) is 27.0. The van der Waals surface area contributed by atoms with Crippen LogP contribution in [-0.4, -0.2) is 28.4 Å². The summed E-state index contributed by atoms with van der Waals surface area (Å²) in [5.41, 5.74) is 1.43. The minimum atomic E-state index is -0.551. The van der Waals surface area contributed by atoms with Crippen LogP contribution >= 0.6 is 23.8 Å². The van der Waals surface area contributed by atoms with Gasteiger partial charge in [0.25, 0.3) is 11.8 Å². The second kappa shape index (κ2) is 9.34. The third-order valence-corrected chi connectivity index (χ3v) is 5.75. The molecule has 1 N–H and O–H groups in total. The molecule has 0 unspecified atom stereocenters. The number of nitrogens with one attached hydrogen (secondary N) is 1. The normalized spacial score (nSPS) is 15.2. The zero-order valence-electron chi connectivity index (χ0n) is 17.0. The summed E-state index contributed by atoms with van der Waals surface area (Å²) in [7, 11) is 0. The van der Waals surface area contributed by atoms with E-state index >= 15 is 0 Å². The molecule has 0 bridgehead atoms. The fourth-order valence-corrected chi connectivity index (χ4v) is 3.89. The number of halogens is 1. The number of thiocarbonyl (C=S) groups is 1. The van der Waals surface area contributed by atoms with Gasteiger partial charge in [0.1, 0.15) is 17.9 Å². The van der Waals surface area contributed by atoms with E-state index in [1.54, 1.807) is 18.2 Å². The Morgan fingerprint density at radius 2 is 1.81 bits per heavy atom. The number of carbonyl (C=O) groups is 2. The lowest BCUT2D eigenvalue weighted by Gasteiger charge is -2.28. The maximum absolute atomic E-state index is 13.0. The monoisotopic (exact) mass is 462 g/mol. The molecule has 0 aromatic heterocycles. The van der Waals surface area contributed by atoms with Gasteiger partial charge in [-0.2, -0.15) is 0 Å². The Kier molecular flexibility index (Phi) is 6.35. The van der Waals surface area contributed by atoms with Gasteiger partial charge in [-0.3, -0.25) is 19.8 Å². The summed E-state index contributed by atoms with van der Waals surface area (Å²) < 4.78 is 6.09. The smallest absolute Gasteiger partial charge is 0.265 e. The molecular weight excluding hydrogens is 444 g/mol. The van der Waals surface area contributed by atoms with Crippen LogP contribution in [0.2, 0.25) is 5.02 Å². The molecule has 3 aromatic carbocycles. The molecule has 0 spiro atoms. The molecule has 160 valence electrons. The van der Waals surface area contributed by atoms with Crippen LogP contribution in [0.1, 0.15) is 11.1 Å². The van der Waals surface area contributed by atoms with Crippen molar-refractivity contribution in [3.63, 3.8) is 0 Å². The molecule has 1 saturated heterocycles. The molecule has 0 radical (unpaired) electrons. The van der Waals surface area contributed by atoms with Crippen LogP contribution in [0.4, 0.5) is 0 Å². The highest BCUT2D eigenvalue weighted by Crippen LogP contribution is 2.32. The highest BCUT2D eigenvalue weighted by molar-refractivity contribution is 7.80. The van der Waals surface area contributed by atoms with Gasteiger partial charge in [-0.15, -0.1) is 6.58 Å². The molecule has 1 aliphatic rings. The summed E-state index contributed by atoms with van der Waals surface area (Å²) in [6, 6.07) is 18.9. The van der Waals surface area contributed by atoms with Crippen molar-refractivity contribution >= 4 is 57.6 Å². The SMILES string of the molecule is C=CCN1C(=O)/C(=C/c2c(OCc3ccccc3Cl)ccc3ccccc23)C(=O)NC1=S. The Labute approximate surface area is 195 Å². The fourth-order valence-electron chi connectivity index (χ4n) is 3.45.